The standard InChI is InChI=1S/C17H26Br2OS/c1-4-6-7-13(5-2)12-21-17-9-14(10-18)16(20-3)8-15(17)11-19/h8-9,13H,4-7,10-12H2,1-3H3. The maximum Gasteiger partial charge on any atom is 0.123 e. The van der Waals surface area contributed by atoms with Crippen LogP contribution in [0.25, 0.3) is 0 Å². The molecule has 0 saturated heterocycles. The highest BCUT2D eigenvalue weighted by molar-refractivity contribution is 9.08. The molecule has 0 aliphatic rings. The third-order valence-electron chi connectivity index (χ3n) is 3.77. The quantitative estimate of drug-likeness (QED) is 0.294. The Hall–Kier alpha value is 0.330. The average molecular weight is 438 g/mol. The number of halogens is 2. The van der Waals surface area contributed by atoms with Gasteiger partial charge in [-0.3, -0.25) is 0 Å². The summed E-state index contributed by atoms with van der Waals surface area (Å²) in [5.74, 6) is 3.02. The summed E-state index contributed by atoms with van der Waals surface area (Å²) >= 11 is 9.16. The molecular formula is C17H26Br2OS. The first-order valence-corrected chi connectivity index (χ1v) is 10.9. The van der Waals surface area contributed by atoms with Crippen molar-refractivity contribution in [2.75, 3.05) is 12.9 Å². The topological polar surface area (TPSA) is 9.23 Å². The molecule has 0 bridgehead atoms. The number of unbranched alkanes of at least 4 members (excludes halogenated alkanes) is 1. The Balaban J connectivity index is 2.81. The van der Waals surface area contributed by atoms with Gasteiger partial charge in [0.2, 0.25) is 0 Å². The molecule has 0 heterocycles. The molecule has 0 radical (unpaired) electrons. The van der Waals surface area contributed by atoms with Gasteiger partial charge in [0, 0.05) is 26.9 Å². The Bertz CT molecular complexity index is 423. The van der Waals surface area contributed by atoms with Crippen LogP contribution in [0.15, 0.2) is 17.0 Å². The fourth-order valence-electron chi connectivity index (χ4n) is 2.28. The lowest BCUT2D eigenvalue weighted by Crippen LogP contribution is -2.03. The molecule has 1 aromatic carbocycles. The van der Waals surface area contributed by atoms with Gasteiger partial charge in [-0.25, -0.2) is 0 Å². The smallest absolute Gasteiger partial charge is 0.123 e. The third kappa shape index (κ3) is 6.15. The van der Waals surface area contributed by atoms with Crippen LogP contribution in [0.2, 0.25) is 0 Å². The molecule has 4 heteroatoms. The molecule has 1 nitrogen and oxygen atoms in total. The van der Waals surface area contributed by atoms with Gasteiger partial charge < -0.3 is 4.74 Å². The molecule has 1 unspecified atom stereocenters. The van der Waals surface area contributed by atoms with E-state index in [1.165, 1.54) is 47.5 Å². The number of hydrogen-bond donors (Lipinski definition) is 0. The van der Waals surface area contributed by atoms with Crippen molar-refractivity contribution in [3.63, 3.8) is 0 Å². The van der Waals surface area contributed by atoms with Crippen LogP contribution in [0.5, 0.6) is 5.75 Å². The highest BCUT2D eigenvalue weighted by Gasteiger charge is 2.12. The van der Waals surface area contributed by atoms with Crippen molar-refractivity contribution in [3.05, 3.63) is 23.3 Å². The summed E-state index contributed by atoms with van der Waals surface area (Å²) in [6.45, 7) is 4.58. The van der Waals surface area contributed by atoms with E-state index in [9.17, 15) is 0 Å². The van der Waals surface area contributed by atoms with Crippen LogP contribution < -0.4 is 4.74 Å². The Morgan fingerprint density at radius 2 is 1.86 bits per heavy atom. The summed E-state index contributed by atoms with van der Waals surface area (Å²) in [5.41, 5.74) is 2.55. The predicted octanol–water partition coefficient (Wildman–Crippen LogP) is 6.79. The fourth-order valence-corrected chi connectivity index (χ4v) is 4.73. The number of thioether (sulfide) groups is 1. The van der Waals surface area contributed by atoms with Crippen molar-refractivity contribution >= 4 is 43.6 Å². The average Bonchev–Trinajstić information content (AvgIpc) is 2.54. The fraction of sp³-hybridized carbons (Fsp3) is 0.647. The molecule has 0 saturated carbocycles. The maximum atomic E-state index is 5.47. The van der Waals surface area contributed by atoms with Crippen molar-refractivity contribution in [2.45, 2.75) is 55.1 Å². The molecule has 0 spiro atoms. The molecule has 21 heavy (non-hydrogen) atoms. The highest BCUT2D eigenvalue weighted by atomic mass is 79.9. The largest absolute Gasteiger partial charge is 0.496 e. The number of ether oxygens (including phenoxy) is 1. The minimum absolute atomic E-state index is 0.827. The Morgan fingerprint density at radius 3 is 2.38 bits per heavy atom. The van der Waals surface area contributed by atoms with E-state index in [0.717, 1.165) is 22.3 Å². The van der Waals surface area contributed by atoms with E-state index in [1.807, 2.05) is 11.8 Å². The lowest BCUT2D eigenvalue weighted by Gasteiger charge is -2.17. The minimum atomic E-state index is 0.827. The van der Waals surface area contributed by atoms with Crippen molar-refractivity contribution in [1.29, 1.82) is 0 Å². The normalized spacial score (nSPS) is 12.4. The van der Waals surface area contributed by atoms with E-state index in [2.05, 4.69) is 57.8 Å². The molecule has 120 valence electrons. The monoisotopic (exact) mass is 436 g/mol. The molecule has 0 amide bonds. The van der Waals surface area contributed by atoms with Crippen molar-refractivity contribution < 1.29 is 4.74 Å². The summed E-state index contributed by atoms with van der Waals surface area (Å²) < 4.78 is 5.47. The van der Waals surface area contributed by atoms with E-state index in [4.69, 9.17) is 4.74 Å². The van der Waals surface area contributed by atoms with Crippen molar-refractivity contribution in [2.24, 2.45) is 5.92 Å². The first-order chi connectivity index (χ1) is 10.2. The van der Waals surface area contributed by atoms with Gasteiger partial charge in [-0.05, 0) is 30.0 Å². The molecule has 0 N–H and O–H groups in total. The minimum Gasteiger partial charge on any atom is -0.496 e. The second-order valence-corrected chi connectivity index (χ2v) is 7.45. The van der Waals surface area contributed by atoms with Crippen LogP contribution in [0.3, 0.4) is 0 Å². The van der Waals surface area contributed by atoms with E-state index < -0.39 is 0 Å². The zero-order valence-corrected chi connectivity index (χ0v) is 17.2. The summed E-state index contributed by atoms with van der Waals surface area (Å²) in [6, 6.07) is 4.45. The number of rotatable bonds is 10. The molecule has 0 aliphatic carbocycles. The number of hydrogen-bond acceptors (Lipinski definition) is 2. The van der Waals surface area contributed by atoms with Crippen LogP contribution in [0, 0.1) is 5.92 Å². The molecule has 1 rings (SSSR count). The van der Waals surface area contributed by atoms with Gasteiger partial charge in [-0.15, -0.1) is 11.8 Å². The molecule has 0 aromatic heterocycles. The van der Waals surface area contributed by atoms with Gasteiger partial charge in [0.1, 0.15) is 5.75 Å². The van der Waals surface area contributed by atoms with Gasteiger partial charge in [0.25, 0.3) is 0 Å². The Kier molecular flexibility index (Phi) is 10.1. The SMILES string of the molecule is CCCCC(CC)CSc1cc(CBr)c(OC)cc1CBr. The first kappa shape index (κ1) is 19.4. The Morgan fingerprint density at radius 1 is 1.14 bits per heavy atom. The van der Waals surface area contributed by atoms with E-state index in [0.29, 0.717) is 0 Å². The molecule has 0 aliphatic heterocycles. The second kappa shape index (κ2) is 11.0. The molecule has 0 fully saturated rings. The van der Waals surface area contributed by atoms with Crippen LogP contribution in [0.1, 0.15) is 50.7 Å². The van der Waals surface area contributed by atoms with Crippen molar-refractivity contribution in [3.8, 4) is 5.75 Å². The second-order valence-electron chi connectivity index (χ2n) is 5.27. The van der Waals surface area contributed by atoms with E-state index >= 15 is 0 Å². The highest BCUT2D eigenvalue weighted by Crippen LogP contribution is 2.34. The van der Waals surface area contributed by atoms with Gasteiger partial charge >= 0.3 is 0 Å². The lowest BCUT2D eigenvalue weighted by atomic mass is 10.0. The summed E-state index contributed by atoms with van der Waals surface area (Å²) in [5, 5.41) is 1.71. The number of methoxy groups -OCH3 is 1. The Labute approximate surface area is 150 Å². The summed E-state index contributed by atoms with van der Waals surface area (Å²) in [4.78, 5) is 1.39. The summed E-state index contributed by atoms with van der Waals surface area (Å²) in [6.07, 6.45) is 5.27. The lowest BCUT2D eigenvalue weighted by molar-refractivity contribution is 0.410. The van der Waals surface area contributed by atoms with Gasteiger partial charge in [-0.1, -0.05) is 65.0 Å². The van der Waals surface area contributed by atoms with E-state index in [-0.39, 0.29) is 0 Å². The van der Waals surface area contributed by atoms with Crippen LogP contribution in [0.4, 0.5) is 0 Å². The first-order valence-electron chi connectivity index (χ1n) is 7.64. The summed E-state index contributed by atoms with van der Waals surface area (Å²) in [7, 11) is 1.74. The van der Waals surface area contributed by atoms with Crippen LogP contribution in [-0.2, 0) is 10.7 Å². The molecule has 1 atom stereocenters. The number of alkyl halides is 2. The predicted molar refractivity (Wildman–Crippen MR) is 102 cm³/mol. The maximum absolute atomic E-state index is 5.47. The van der Waals surface area contributed by atoms with Gasteiger partial charge in [-0.2, -0.15) is 0 Å². The van der Waals surface area contributed by atoms with Gasteiger partial charge in [0.05, 0.1) is 7.11 Å². The third-order valence-corrected chi connectivity index (χ3v) is 6.31. The number of benzene rings is 1. The van der Waals surface area contributed by atoms with Crippen LogP contribution in [-0.4, -0.2) is 12.9 Å². The van der Waals surface area contributed by atoms with E-state index in [1.54, 1.807) is 7.11 Å². The molecule has 1 aromatic rings. The zero-order chi connectivity index (χ0) is 15.7. The van der Waals surface area contributed by atoms with Gasteiger partial charge in [0.15, 0.2) is 0 Å². The zero-order valence-electron chi connectivity index (χ0n) is 13.3. The van der Waals surface area contributed by atoms with Crippen molar-refractivity contribution in [1.82, 2.24) is 0 Å². The van der Waals surface area contributed by atoms with Crippen LogP contribution >= 0.6 is 43.6 Å². The molecular weight excluding hydrogens is 412 g/mol.